The Morgan fingerprint density at radius 2 is 0.643 bits per heavy atom. The lowest BCUT2D eigenvalue weighted by Gasteiger charge is -2.22. The second-order valence-electron chi connectivity index (χ2n) is 19.6. The Bertz CT molecular complexity index is 4930. The second kappa shape index (κ2) is 20.3. The number of rotatable bonds is 7. The molecule has 12 rings (SSSR count). The van der Waals surface area contributed by atoms with E-state index in [0.29, 0.717) is 93.7 Å². The number of aromatic nitrogens is 2. The summed E-state index contributed by atoms with van der Waals surface area (Å²) in [5, 5.41) is 52.7. The van der Waals surface area contributed by atoms with Gasteiger partial charge < -0.3 is 9.13 Å². The number of fused-ring (bicyclic) bond motifs is 6. The molecule has 0 saturated carbocycles. The maximum Gasteiger partial charge on any atom is 0.418 e. The lowest BCUT2D eigenvalue weighted by molar-refractivity contribution is -0.137. The van der Waals surface area contributed by atoms with Crippen LogP contribution in [-0.4, -0.2) is 9.13 Å². The molecule has 2 aromatic heterocycles. The summed E-state index contributed by atoms with van der Waals surface area (Å²) in [6.07, 6.45) is -5.09. The van der Waals surface area contributed by atoms with E-state index in [-0.39, 0.29) is 67.5 Å². The number of hydrogen-bond donors (Lipinski definition) is 0. The van der Waals surface area contributed by atoms with Gasteiger partial charge in [0, 0.05) is 49.4 Å². The number of nitriles is 5. The van der Waals surface area contributed by atoms with Crippen LogP contribution in [0.25, 0.3) is 130 Å². The fourth-order valence-electron chi connectivity index (χ4n) is 11.1. The number of alkyl halides is 3. The van der Waals surface area contributed by atoms with Gasteiger partial charge in [-0.15, -0.1) is 0 Å². The van der Waals surface area contributed by atoms with Crippen LogP contribution in [0.3, 0.4) is 0 Å². The van der Waals surface area contributed by atoms with Crippen molar-refractivity contribution in [2.45, 2.75) is 6.18 Å². The summed E-state index contributed by atoms with van der Waals surface area (Å²) in [5.74, 6) is 0. The summed E-state index contributed by atoms with van der Waals surface area (Å²) in [7, 11) is 0. The van der Waals surface area contributed by atoms with Crippen LogP contribution in [0, 0.1) is 82.9 Å². The molecule has 0 atom stereocenters. The standard InChI is InChI=1S/C70H30F3N11/c1-79-54-21-41(36-75)17-50(25-54)45-8-12-58-59-13-9-46(51-18-42(37-76)22-55(26-51)80-2)30-65(59)83(64(58)29-45)68-34-63(70(71,72)73)69(33-62(68)49-7-5-6-40(16-49)35-74)84-66-31-47(52-19-43(38-77)23-56(27-52)81-3)10-14-60(66)61-15-11-48(32-67(61)84)53-20-44(39-78)24-57(28-53)82-4/h5-34H. The van der Waals surface area contributed by atoms with Crippen molar-refractivity contribution in [2.24, 2.45) is 0 Å². The highest BCUT2D eigenvalue weighted by Gasteiger charge is 2.37. The molecule has 2 heterocycles. The van der Waals surface area contributed by atoms with Crippen LogP contribution in [0.2, 0.25) is 0 Å². The summed E-state index contributed by atoms with van der Waals surface area (Å²) in [6.45, 7) is 31.2. The highest BCUT2D eigenvalue weighted by atomic mass is 19.4. The zero-order valence-electron chi connectivity index (χ0n) is 43.4. The van der Waals surface area contributed by atoms with E-state index < -0.39 is 11.7 Å². The molecular formula is C70H30F3N11. The van der Waals surface area contributed by atoms with Gasteiger partial charge in [-0.3, -0.25) is 0 Å². The van der Waals surface area contributed by atoms with Gasteiger partial charge in [-0.2, -0.15) is 39.5 Å². The average molecular weight is 1080 g/mol. The van der Waals surface area contributed by atoms with Crippen LogP contribution in [0.4, 0.5) is 35.9 Å². The van der Waals surface area contributed by atoms with Gasteiger partial charge in [0.25, 0.3) is 0 Å². The minimum atomic E-state index is -5.09. The monoisotopic (exact) mass is 1080 g/mol. The molecule has 0 aliphatic heterocycles. The third-order valence-corrected chi connectivity index (χ3v) is 14.8. The summed E-state index contributed by atoms with van der Waals surface area (Å²) < 4.78 is 54.0. The van der Waals surface area contributed by atoms with Gasteiger partial charge in [0.1, 0.15) is 0 Å². The molecule has 0 aliphatic carbocycles. The molecule has 14 heteroatoms. The lowest BCUT2D eigenvalue weighted by Crippen LogP contribution is -2.13. The first-order valence-corrected chi connectivity index (χ1v) is 25.4. The van der Waals surface area contributed by atoms with E-state index in [4.69, 9.17) is 26.3 Å². The molecule has 0 amide bonds. The van der Waals surface area contributed by atoms with E-state index in [1.807, 2.05) is 24.3 Å². The van der Waals surface area contributed by atoms with Gasteiger partial charge >= 0.3 is 6.18 Å². The topological polar surface area (TPSA) is 146 Å². The smallest absolute Gasteiger partial charge is 0.309 e. The number of nitrogens with zero attached hydrogens (tertiary/aromatic N) is 11. The van der Waals surface area contributed by atoms with Crippen LogP contribution in [0.15, 0.2) is 182 Å². The van der Waals surface area contributed by atoms with E-state index in [2.05, 4.69) is 49.7 Å². The molecule has 0 radical (unpaired) electrons. The molecule has 0 fully saturated rings. The zero-order valence-corrected chi connectivity index (χ0v) is 43.4. The molecule has 0 saturated heterocycles. The second-order valence-corrected chi connectivity index (χ2v) is 19.6. The first kappa shape index (κ1) is 51.7. The van der Waals surface area contributed by atoms with Crippen molar-refractivity contribution < 1.29 is 13.2 Å². The molecule has 386 valence electrons. The van der Waals surface area contributed by atoms with E-state index in [1.165, 1.54) is 34.9 Å². The number of halogens is 3. The molecule has 0 unspecified atom stereocenters. The average Bonchev–Trinajstić information content (AvgIpc) is 2.41. The van der Waals surface area contributed by atoms with Crippen molar-refractivity contribution in [1.29, 1.82) is 26.3 Å². The Kier molecular flexibility index (Phi) is 12.5. The maximum atomic E-state index is 16.9. The van der Waals surface area contributed by atoms with Crippen LogP contribution < -0.4 is 0 Å². The van der Waals surface area contributed by atoms with Gasteiger partial charge in [0.15, 0.2) is 22.7 Å². The summed E-state index contributed by atoms with van der Waals surface area (Å²) in [4.78, 5) is 14.4. The van der Waals surface area contributed by atoms with Gasteiger partial charge in [0.05, 0.1) is 101 Å². The summed E-state index contributed by atoms with van der Waals surface area (Å²) in [5.41, 5.74) is 6.65. The molecule has 84 heavy (non-hydrogen) atoms. The Balaban J connectivity index is 1.24. The summed E-state index contributed by atoms with van der Waals surface area (Å²) in [6, 6.07) is 59.8. The van der Waals surface area contributed by atoms with Gasteiger partial charge in [-0.05, 0) is 171 Å². The van der Waals surface area contributed by atoms with Crippen LogP contribution in [-0.2, 0) is 6.18 Å². The van der Waals surface area contributed by atoms with E-state index in [1.54, 1.807) is 126 Å². The normalized spacial score (nSPS) is 10.9. The maximum absolute atomic E-state index is 16.9. The molecule has 0 spiro atoms. The highest BCUT2D eigenvalue weighted by molar-refractivity contribution is 6.13. The van der Waals surface area contributed by atoms with E-state index in [9.17, 15) is 26.3 Å². The van der Waals surface area contributed by atoms with Gasteiger partial charge in [0.2, 0.25) is 0 Å². The molecule has 10 aromatic carbocycles. The predicted octanol–water partition coefficient (Wildman–Crippen LogP) is 18.8. The number of benzene rings is 10. The van der Waals surface area contributed by atoms with Gasteiger partial charge in [-0.1, -0.05) is 60.7 Å². The first-order valence-electron chi connectivity index (χ1n) is 25.4. The highest BCUT2D eigenvalue weighted by Crippen LogP contribution is 2.47. The number of hydrogen-bond acceptors (Lipinski definition) is 5. The fourth-order valence-corrected chi connectivity index (χ4v) is 11.1. The molecule has 0 N–H and O–H groups in total. The summed E-state index contributed by atoms with van der Waals surface area (Å²) >= 11 is 0. The van der Waals surface area contributed by atoms with Crippen molar-refractivity contribution in [2.75, 3.05) is 0 Å². The van der Waals surface area contributed by atoms with Crippen molar-refractivity contribution in [3.63, 3.8) is 0 Å². The minimum absolute atomic E-state index is 0.0397. The zero-order chi connectivity index (χ0) is 58.6. The van der Waals surface area contributed by atoms with Crippen LogP contribution in [0.5, 0.6) is 0 Å². The third kappa shape index (κ3) is 8.93. The lowest BCUT2D eigenvalue weighted by atomic mass is 9.97. The Morgan fingerprint density at radius 3 is 0.952 bits per heavy atom. The van der Waals surface area contributed by atoms with Gasteiger partial charge in [-0.25, -0.2) is 19.4 Å². The van der Waals surface area contributed by atoms with E-state index >= 15 is 13.2 Å². The minimum Gasteiger partial charge on any atom is -0.309 e. The third-order valence-electron chi connectivity index (χ3n) is 14.8. The Labute approximate surface area is 477 Å². The van der Waals surface area contributed by atoms with Crippen LogP contribution in [0.1, 0.15) is 33.4 Å². The van der Waals surface area contributed by atoms with Crippen molar-refractivity contribution >= 4 is 66.4 Å². The molecule has 0 bridgehead atoms. The molecule has 12 aromatic rings. The predicted molar refractivity (Wildman–Crippen MR) is 316 cm³/mol. The Hall–Kier alpha value is -13.0. The van der Waals surface area contributed by atoms with Crippen molar-refractivity contribution in [1.82, 2.24) is 9.13 Å². The molecular weight excluding hydrogens is 1050 g/mol. The van der Waals surface area contributed by atoms with Crippen molar-refractivity contribution in [3.05, 3.63) is 261 Å². The van der Waals surface area contributed by atoms with E-state index in [0.717, 1.165) is 6.07 Å². The SMILES string of the molecule is [C-]#[N+]c1cc(C#N)cc(-c2ccc3c4ccc(-c5cc(C#N)cc([N+]#[C-])c5)cc4n(-c4cc(C(F)(F)F)c(-n5c6cc(-c7cc(C#N)cc([N+]#[C-])c7)ccc6c6ccc(-c7cc(C#N)cc([N+]#[C-])c7)cc65)cc4-c4cccc(C#N)c4)c3c2)c1. The first-order chi connectivity index (χ1) is 40.8. The molecule has 0 aliphatic rings. The molecule has 11 nitrogen and oxygen atoms in total. The largest absolute Gasteiger partial charge is 0.418 e. The Morgan fingerprint density at radius 1 is 0.321 bits per heavy atom. The fraction of sp³-hybridized carbons (Fsp3) is 0.0143. The van der Waals surface area contributed by atoms with Crippen molar-refractivity contribution in [3.8, 4) is 97.4 Å². The quantitative estimate of drug-likeness (QED) is 0.146. The van der Waals surface area contributed by atoms with Crippen LogP contribution >= 0.6 is 0 Å².